The number of hydrogen-bond acceptors (Lipinski definition) is 3. The molecule has 0 bridgehead atoms. The van der Waals surface area contributed by atoms with Crippen molar-refractivity contribution in [2.75, 3.05) is 0 Å². The van der Waals surface area contributed by atoms with E-state index in [2.05, 4.69) is 11.2 Å². The van der Waals surface area contributed by atoms with Gasteiger partial charge in [-0.25, -0.2) is 0 Å². The van der Waals surface area contributed by atoms with Crippen LogP contribution in [0.3, 0.4) is 0 Å². The van der Waals surface area contributed by atoms with Gasteiger partial charge in [0.05, 0.1) is 0 Å². The molecule has 5 heteroatoms. The standard InChI is InChI=1S/C3H6O2S2.Na/c1-2-3-7(4,5)6;/h2-3H,1H3,(H,4,5,6);/q;+1/p-1/b3-2-;. The molecular weight excluding hydrogens is 155 g/mol. The van der Waals surface area contributed by atoms with Crippen LogP contribution in [-0.4, -0.2) is 8.76 Å². The van der Waals surface area contributed by atoms with Gasteiger partial charge in [0.25, 0.3) is 0 Å². The van der Waals surface area contributed by atoms with E-state index < -0.39 is 8.77 Å². The molecule has 0 aromatic rings. The molecule has 0 saturated carbocycles. The van der Waals surface area contributed by atoms with Gasteiger partial charge < -0.3 is 4.55 Å². The van der Waals surface area contributed by atoms with Gasteiger partial charge in [-0.15, -0.1) is 0 Å². The number of rotatable bonds is 1. The minimum atomic E-state index is -3.27. The molecule has 0 saturated heterocycles. The van der Waals surface area contributed by atoms with Crippen molar-refractivity contribution in [1.82, 2.24) is 0 Å². The molecule has 0 radical (unpaired) electrons. The molecule has 0 amide bonds. The molecule has 0 spiro atoms. The Morgan fingerprint density at radius 2 is 2.12 bits per heavy atom. The Labute approximate surface area is 76.1 Å². The fourth-order valence-corrected chi connectivity index (χ4v) is 0.833. The first kappa shape index (κ1) is 11.8. The molecule has 8 heavy (non-hydrogen) atoms. The maximum atomic E-state index is 9.96. The van der Waals surface area contributed by atoms with Gasteiger partial charge >= 0.3 is 29.6 Å². The minimum absolute atomic E-state index is 0. The Bertz CT molecular complexity index is 158. The Balaban J connectivity index is 0. The average molecular weight is 160 g/mol. The molecule has 0 heterocycles. The zero-order chi connectivity index (χ0) is 5.91. The van der Waals surface area contributed by atoms with E-state index in [1.165, 1.54) is 6.08 Å². The van der Waals surface area contributed by atoms with E-state index in [1.807, 2.05) is 0 Å². The van der Waals surface area contributed by atoms with Crippen LogP contribution in [0.1, 0.15) is 6.92 Å². The number of hydrogen-bond donors (Lipinski definition) is 0. The molecule has 42 valence electrons. The van der Waals surface area contributed by atoms with Gasteiger partial charge in [-0.2, -0.15) is 0 Å². The molecule has 1 unspecified atom stereocenters. The third kappa shape index (κ3) is 10.1. The van der Waals surface area contributed by atoms with Crippen LogP contribution in [0, 0.1) is 0 Å². The summed E-state index contributed by atoms with van der Waals surface area (Å²) in [7, 11) is -3.27. The summed E-state index contributed by atoms with van der Waals surface area (Å²) in [5.74, 6) is 0. The maximum absolute atomic E-state index is 9.96. The monoisotopic (exact) mass is 160 g/mol. The molecule has 0 N–H and O–H groups in total. The van der Waals surface area contributed by atoms with Crippen LogP contribution in [0.2, 0.25) is 0 Å². The van der Waals surface area contributed by atoms with Crippen LogP contribution in [0.4, 0.5) is 0 Å². The van der Waals surface area contributed by atoms with E-state index >= 15 is 0 Å². The predicted molar refractivity (Wildman–Crippen MR) is 31.1 cm³/mol. The molecule has 0 aliphatic carbocycles. The Kier molecular flexibility index (Phi) is 7.24. The van der Waals surface area contributed by atoms with Crippen molar-refractivity contribution in [1.29, 1.82) is 0 Å². The summed E-state index contributed by atoms with van der Waals surface area (Å²) in [5, 5.41) is 0.975. The van der Waals surface area contributed by atoms with Gasteiger partial charge in [0, 0.05) is 0 Å². The molecular formula is C3H5NaO2S2. The quantitative estimate of drug-likeness (QED) is 0.395. The summed E-state index contributed by atoms with van der Waals surface area (Å²) in [6.45, 7) is 1.60. The summed E-state index contributed by atoms with van der Waals surface area (Å²) in [6, 6.07) is 0. The second kappa shape index (κ2) is 4.90. The van der Waals surface area contributed by atoms with Crippen LogP contribution in [0.5, 0.6) is 0 Å². The van der Waals surface area contributed by atoms with Crippen LogP contribution in [0.25, 0.3) is 0 Å². The molecule has 0 aliphatic rings. The van der Waals surface area contributed by atoms with E-state index in [9.17, 15) is 8.76 Å². The summed E-state index contributed by atoms with van der Waals surface area (Å²) in [5.41, 5.74) is 0. The topological polar surface area (TPSA) is 40.1 Å². The molecule has 0 fully saturated rings. The summed E-state index contributed by atoms with van der Waals surface area (Å²) in [4.78, 5) is 0. The molecule has 1 atom stereocenters. The van der Waals surface area contributed by atoms with E-state index in [-0.39, 0.29) is 29.6 Å². The second-order valence-electron chi connectivity index (χ2n) is 0.962. The van der Waals surface area contributed by atoms with Crippen molar-refractivity contribution in [3.8, 4) is 0 Å². The SMILES string of the molecule is C/C=C\S(=O)([O-])=S.[Na+]. The first-order valence-corrected chi connectivity index (χ1v) is 4.12. The fourth-order valence-electron chi connectivity index (χ4n) is 0.167. The molecule has 0 rings (SSSR count). The van der Waals surface area contributed by atoms with Gasteiger partial charge in [-0.1, -0.05) is 6.08 Å². The van der Waals surface area contributed by atoms with E-state index in [0.717, 1.165) is 5.41 Å². The first-order valence-electron chi connectivity index (χ1n) is 1.65. The van der Waals surface area contributed by atoms with Crippen molar-refractivity contribution in [2.45, 2.75) is 6.92 Å². The van der Waals surface area contributed by atoms with Crippen molar-refractivity contribution < 1.29 is 38.3 Å². The normalized spacial score (nSPS) is 17.2. The van der Waals surface area contributed by atoms with Crippen LogP contribution in [0.15, 0.2) is 11.5 Å². The summed E-state index contributed by atoms with van der Waals surface area (Å²) >= 11 is 3.97. The summed E-state index contributed by atoms with van der Waals surface area (Å²) in [6.07, 6.45) is 1.39. The predicted octanol–water partition coefficient (Wildman–Crippen LogP) is -2.60. The van der Waals surface area contributed by atoms with E-state index in [1.54, 1.807) is 6.92 Å². The second-order valence-corrected chi connectivity index (χ2v) is 3.61. The molecule has 2 nitrogen and oxygen atoms in total. The van der Waals surface area contributed by atoms with Crippen molar-refractivity contribution in [3.63, 3.8) is 0 Å². The number of allylic oxidation sites excluding steroid dienone is 1. The van der Waals surface area contributed by atoms with Gasteiger partial charge in [0.15, 0.2) is 0 Å². The third-order valence-corrected chi connectivity index (χ3v) is 1.24. The van der Waals surface area contributed by atoms with Gasteiger partial charge in [0.2, 0.25) is 0 Å². The fraction of sp³-hybridized carbons (Fsp3) is 0.333. The van der Waals surface area contributed by atoms with Crippen LogP contribution in [-0.2, 0) is 20.0 Å². The Morgan fingerprint density at radius 1 is 1.75 bits per heavy atom. The van der Waals surface area contributed by atoms with Crippen molar-refractivity contribution in [2.24, 2.45) is 0 Å². The van der Waals surface area contributed by atoms with Gasteiger partial charge in [-0.05, 0) is 32.3 Å². The largest absolute Gasteiger partial charge is 1.00 e. The third-order valence-electron chi connectivity index (χ3n) is 0.303. The van der Waals surface area contributed by atoms with Crippen LogP contribution >= 0.6 is 0 Å². The summed E-state index contributed by atoms with van der Waals surface area (Å²) < 4.78 is 19.9. The van der Waals surface area contributed by atoms with E-state index in [0.29, 0.717) is 0 Å². The van der Waals surface area contributed by atoms with Gasteiger partial charge in [0.1, 0.15) is 0 Å². The van der Waals surface area contributed by atoms with E-state index in [4.69, 9.17) is 0 Å². The molecule has 0 aromatic carbocycles. The Hall–Kier alpha value is 1.07. The average Bonchev–Trinajstić information content (AvgIpc) is 1.30. The van der Waals surface area contributed by atoms with Crippen LogP contribution < -0.4 is 29.6 Å². The first-order chi connectivity index (χ1) is 3.06. The maximum Gasteiger partial charge on any atom is 1.00 e. The Morgan fingerprint density at radius 3 is 2.12 bits per heavy atom. The van der Waals surface area contributed by atoms with Crippen molar-refractivity contribution >= 4 is 20.0 Å². The minimum Gasteiger partial charge on any atom is -0.766 e. The zero-order valence-electron chi connectivity index (χ0n) is 4.79. The zero-order valence-corrected chi connectivity index (χ0v) is 8.42. The molecule has 0 aliphatic heterocycles. The van der Waals surface area contributed by atoms with Gasteiger partial charge in [-0.3, -0.25) is 4.21 Å². The smallest absolute Gasteiger partial charge is 0.766 e. The molecule has 0 aromatic heterocycles. The van der Waals surface area contributed by atoms with Crippen molar-refractivity contribution in [3.05, 3.63) is 11.5 Å².